The van der Waals surface area contributed by atoms with Crippen molar-refractivity contribution >= 4 is 56.7 Å². The molecule has 0 fully saturated rings. The molecule has 0 saturated carbocycles. The number of hydrogen-bond donors (Lipinski definition) is 0. The summed E-state index contributed by atoms with van der Waals surface area (Å²) in [5, 5.41) is 0.179. The van der Waals surface area contributed by atoms with E-state index in [0.717, 1.165) is 16.1 Å². The molecule has 0 unspecified atom stereocenters. The molecule has 0 radical (unpaired) electrons. The number of fused-ring (bicyclic) bond motifs is 1. The lowest BCUT2D eigenvalue weighted by Crippen LogP contribution is -2.41. The summed E-state index contributed by atoms with van der Waals surface area (Å²) in [6.45, 7) is -0.901. The smallest absolute Gasteiger partial charge is 0.264 e. The van der Waals surface area contributed by atoms with Gasteiger partial charge in [-0.1, -0.05) is 35.3 Å². The number of halogens is 2. The predicted octanol–water partition coefficient (Wildman–Crippen LogP) is 2.73. The van der Waals surface area contributed by atoms with Crippen LogP contribution in [-0.4, -0.2) is 50.9 Å². The second-order valence-corrected chi connectivity index (χ2v) is 8.95. The molecule has 8 nitrogen and oxygen atoms in total. The Morgan fingerprint density at radius 2 is 1.63 bits per heavy atom. The fraction of sp³-hybridized carbons (Fsp3) is 0.211. The van der Waals surface area contributed by atoms with Gasteiger partial charge < -0.3 is 4.90 Å². The second-order valence-electron chi connectivity index (χ2n) is 6.52. The fourth-order valence-corrected chi connectivity index (χ4v) is 3.84. The van der Waals surface area contributed by atoms with Crippen LogP contribution in [0, 0.1) is 0 Å². The number of rotatable bonds is 6. The molecule has 0 saturated heterocycles. The molecule has 30 heavy (non-hydrogen) atoms. The molecule has 158 valence electrons. The van der Waals surface area contributed by atoms with Gasteiger partial charge in [-0.2, -0.15) is 8.42 Å². The molecule has 1 aliphatic heterocycles. The molecule has 0 spiro atoms. The van der Waals surface area contributed by atoms with E-state index in [1.54, 1.807) is 12.1 Å². The summed E-state index contributed by atoms with van der Waals surface area (Å²) in [5.74, 6) is -1.69. The van der Waals surface area contributed by atoms with Crippen LogP contribution in [-0.2, 0) is 25.7 Å². The molecule has 3 rings (SSSR count). The maximum absolute atomic E-state index is 12.8. The minimum absolute atomic E-state index is 0.0179. The molecule has 1 heterocycles. The quantitative estimate of drug-likeness (QED) is 0.475. The van der Waals surface area contributed by atoms with Crippen molar-refractivity contribution in [3.05, 3.63) is 63.1 Å². The minimum Gasteiger partial charge on any atom is -0.312 e. The van der Waals surface area contributed by atoms with Gasteiger partial charge in [0.25, 0.3) is 21.9 Å². The number of benzene rings is 2. The molecular formula is C19H16Cl2N2O6S. The van der Waals surface area contributed by atoms with E-state index in [0.29, 0.717) is 0 Å². The van der Waals surface area contributed by atoms with Crippen LogP contribution in [0.5, 0.6) is 0 Å². The number of amides is 3. The van der Waals surface area contributed by atoms with Crippen molar-refractivity contribution < 1.29 is 27.0 Å². The van der Waals surface area contributed by atoms with E-state index in [9.17, 15) is 22.8 Å². The zero-order valence-electron chi connectivity index (χ0n) is 15.9. The van der Waals surface area contributed by atoms with E-state index in [1.165, 1.54) is 31.3 Å². The average Bonchev–Trinajstić information content (AvgIpc) is 2.92. The summed E-state index contributed by atoms with van der Waals surface area (Å²) in [6.07, 6.45) is 0.885. The van der Waals surface area contributed by atoms with Gasteiger partial charge in [0.1, 0.15) is 6.54 Å². The molecule has 0 bridgehead atoms. The Kier molecular flexibility index (Phi) is 6.19. The third-order valence-corrected chi connectivity index (χ3v) is 5.81. The highest BCUT2D eigenvalue weighted by Crippen LogP contribution is 2.34. The van der Waals surface area contributed by atoms with Gasteiger partial charge in [-0.15, -0.1) is 0 Å². The number of likely N-dealkylation sites (N-methyl/N-ethyl adjacent to an activating group) is 1. The van der Waals surface area contributed by atoms with Crippen LogP contribution >= 0.6 is 23.2 Å². The molecule has 0 aromatic heterocycles. The average molecular weight is 471 g/mol. The van der Waals surface area contributed by atoms with E-state index in [-0.39, 0.29) is 32.4 Å². The van der Waals surface area contributed by atoms with Gasteiger partial charge >= 0.3 is 0 Å². The van der Waals surface area contributed by atoms with Gasteiger partial charge in [0, 0.05) is 17.6 Å². The SMILES string of the molecule is CN(C(=O)CN1C(=O)c2ccccc2C1=O)c1ccc(Cl)c(COS(C)(=O)=O)c1Cl. The summed E-state index contributed by atoms with van der Waals surface area (Å²) >= 11 is 12.4. The Morgan fingerprint density at radius 1 is 1.07 bits per heavy atom. The number of anilines is 1. The standard InChI is InChI=1S/C19H16Cl2N2O6S/c1-22(15-8-7-14(20)13(17(15)21)10-29-30(2,27)28)16(24)9-23-18(25)11-5-3-4-6-12(11)19(23)26/h3-8H,9-10H2,1-2H3. The monoisotopic (exact) mass is 470 g/mol. The number of nitrogens with zero attached hydrogens (tertiary/aromatic N) is 2. The largest absolute Gasteiger partial charge is 0.312 e. The summed E-state index contributed by atoms with van der Waals surface area (Å²) < 4.78 is 27.3. The molecular weight excluding hydrogens is 455 g/mol. The van der Waals surface area contributed by atoms with Crippen molar-refractivity contribution in [3.8, 4) is 0 Å². The van der Waals surface area contributed by atoms with Crippen molar-refractivity contribution in [1.82, 2.24) is 4.90 Å². The molecule has 11 heteroatoms. The zero-order valence-corrected chi connectivity index (χ0v) is 18.2. The van der Waals surface area contributed by atoms with E-state index < -0.39 is 41.0 Å². The summed E-state index contributed by atoms with van der Waals surface area (Å²) in [6, 6.07) is 9.22. The lowest BCUT2D eigenvalue weighted by atomic mass is 10.1. The van der Waals surface area contributed by atoms with Crippen LogP contribution in [0.4, 0.5) is 5.69 Å². The van der Waals surface area contributed by atoms with Gasteiger partial charge in [-0.05, 0) is 24.3 Å². The first-order valence-corrected chi connectivity index (χ1v) is 11.1. The highest BCUT2D eigenvalue weighted by molar-refractivity contribution is 7.85. The van der Waals surface area contributed by atoms with E-state index in [1.807, 2.05) is 0 Å². The number of hydrogen-bond acceptors (Lipinski definition) is 6. The minimum atomic E-state index is -3.74. The first-order chi connectivity index (χ1) is 14.0. The first kappa shape index (κ1) is 22.2. The molecule has 0 N–H and O–H groups in total. The molecule has 0 aliphatic carbocycles. The second kappa shape index (κ2) is 8.35. The fourth-order valence-electron chi connectivity index (χ4n) is 2.90. The van der Waals surface area contributed by atoms with Crippen molar-refractivity contribution in [3.63, 3.8) is 0 Å². The van der Waals surface area contributed by atoms with Crippen molar-refractivity contribution in [2.45, 2.75) is 6.61 Å². The summed E-state index contributed by atoms with van der Waals surface area (Å²) in [5.41, 5.74) is 0.877. The van der Waals surface area contributed by atoms with Crippen LogP contribution in [0.1, 0.15) is 26.3 Å². The molecule has 2 aromatic carbocycles. The van der Waals surface area contributed by atoms with Gasteiger partial charge in [0.15, 0.2) is 0 Å². The highest BCUT2D eigenvalue weighted by atomic mass is 35.5. The maximum atomic E-state index is 12.8. The predicted molar refractivity (Wildman–Crippen MR) is 111 cm³/mol. The normalized spacial score (nSPS) is 13.5. The van der Waals surface area contributed by atoms with Crippen LogP contribution in [0.15, 0.2) is 36.4 Å². The van der Waals surface area contributed by atoms with Crippen LogP contribution in [0.3, 0.4) is 0 Å². The van der Waals surface area contributed by atoms with E-state index in [4.69, 9.17) is 27.4 Å². The Hall–Kier alpha value is -2.46. The van der Waals surface area contributed by atoms with Gasteiger partial charge in [0.05, 0.1) is 34.7 Å². The highest BCUT2D eigenvalue weighted by Gasteiger charge is 2.37. The zero-order chi connectivity index (χ0) is 22.2. The topological polar surface area (TPSA) is 101 Å². The van der Waals surface area contributed by atoms with Gasteiger partial charge in [-0.3, -0.25) is 23.5 Å². The van der Waals surface area contributed by atoms with E-state index >= 15 is 0 Å². The Balaban J connectivity index is 1.82. The van der Waals surface area contributed by atoms with Crippen LogP contribution < -0.4 is 4.90 Å². The molecule has 3 amide bonds. The number of imide groups is 1. The summed E-state index contributed by atoms with van der Waals surface area (Å²) in [7, 11) is -2.33. The van der Waals surface area contributed by atoms with Gasteiger partial charge in [0.2, 0.25) is 5.91 Å². The number of carbonyl (C=O) groups excluding carboxylic acids is 3. The Bertz CT molecular complexity index is 1130. The summed E-state index contributed by atoms with van der Waals surface area (Å²) in [4.78, 5) is 39.7. The number of carbonyl (C=O) groups is 3. The Labute approximate surface area is 183 Å². The van der Waals surface area contributed by atoms with Crippen molar-refractivity contribution in [2.75, 3.05) is 24.7 Å². The lowest BCUT2D eigenvalue weighted by Gasteiger charge is -2.23. The van der Waals surface area contributed by atoms with Crippen LogP contribution in [0.25, 0.3) is 0 Å². The lowest BCUT2D eigenvalue weighted by molar-refractivity contribution is -0.118. The van der Waals surface area contributed by atoms with Crippen molar-refractivity contribution in [1.29, 1.82) is 0 Å². The molecule has 1 aliphatic rings. The first-order valence-electron chi connectivity index (χ1n) is 8.54. The van der Waals surface area contributed by atoms with Gasteiger partial charge in [-0.25, -0.2) is 0 Å². The van der Waals surface area contributed by atoms with E-state index in [2.05, 4.69) is 0 Å². The molecule has 0 atom stereocenters. The third-order valence-electron chi connectivity index (χ3n) is 4.49. The maximum Gasteiger partial charge on any atom is 0.264 e. The van der Waals surface area contributed by atoms with Crippen molar-refractivity contribution in [2.24, 2.45) is 0 Å². The Morgan fingerprint density at radius 3 is 2.17 bits per heavy atom. The molecule has 2 aromatic rings. The third kappa shape index (κ3) is 4.34. The van der Waals surface area contributed by atoms with Crippen LogP contribution in [0.2, 0.25) is 10.0 Å².